The summed E-state index contributed by atoms with van der Waals surface area (Å²) < 4.78 is 2.26. The van der Waals surface area contributed by atoms with Crippen molar-refractivity contribution in [1.82, 2.24) is 4.57 Å². The number of aromatic nitrogens is 1. The first-order valence-electron chi connectivity index (χ1n) is 13.5. The molecule has 0 fully saturated rings. The molecule has 1 heterocycles. The molecule has 190 valence electrons. The number of benzene rings is 3. The van der Waals surface area contributed by atoms with Gasteiger partial charge in [0.25, 0.3) is 0 Å². The van der Waals surface area contributed by atoms with Gasteiger partial charge in [-0.25, -0.2) is 0 Å². The van der Waals surface area contributed by atoms with Crippen molar-refractivity contribution in [2.45, 2.75) is 53.4 Å². The quantitative estimate of drug-likeness (QED) is 0.215. The minimum Gasteiger partial charge on any atom is -0.344 e. The Kier molecular flexibility index (Phi) is 6.59. The largest absolute Gasteiger partial charge is 0.344 e. The molecule has 38 heavy (non-hydrogen) atoms. The first kappa shape index (κ1) is 25.7. The summed E-state index contributed by atoms with van der Waals surface area (Å²) in [6.45, 7) is 13.5. The van der Waals surface area contributed by atoms with Gasteiger partial charge < -0.3 is 4.57 Å². The summed E-state index contributed by atoms with van der Waals surface area (Å²) in [4.78, 5) is 0. The van der Waals surface area contributed by atoms with Gasteiger partial charge in [0.1, 0.15) is 0 Å². The lowest BCUT2D eigenvalue weighted by Crippen LogP contribution is -2.10. The zero-order valence-electron chi connectivity index (χ0n) is 23.7. The highest BCUT2D eigenvalue weighted by molar-refractivity contribution is 6.08. The van der Waals surface area contributed by atoms with E-state index >= 15 is 0 Å². The van der Waals surface area contributed by atoms with Crippen LogP contribution in [-0.2, 0) is 12.5 Å². The van der Waals surface area contributed by atoms with Gasteiger partial charge in [-0.05, 0) is 76.9 Å². The summed E-state index contributed by atoms with van der Waals surface area (Å²) in [6.07, 6.45) is 7.83. The molecule has 3 aromatic carbocycles. The topological polar surface area (TPSA) is 4.93 Å². The summed E-state index contributed by atoms with van der Waals surface area (Å²) in [5, 5.41) is 2.44. The minimum atomic E-state index is 0.147. The molecule has 0 saturated heterocycles. The Morgan fingerprint density at radius 3 is 1.76 bits per heavy atom. The van der Waals surface area contributed by atoms with Gasteiger partial charge in [-0.3, -0.25) is 0 Å². The molecule has 1 aliphatic carbocycles. The fourth-order valence-electron chi connectivity index (χ4n) is 5.03. The molecule has 0 bridgehead atoms. The molecule has 1 nitrogen and oxygen atoms in total. The molecule has 0 N–H and O–H groups in total. The third-order valence-electron chi connectivity index (χ3n) is 7.48. The van der Waals surface area contributed by atoms with Gasteiger partial charge in [0.15, 0.2) is 0 Å². The van der Waals surface area contributed by atoms with Crippen LogP contribution in [0.3, 0.4) is 0 Å². The van der Waals surface area contributed by atoms with Crippen molar-refractivity contribution >= 4 is 21.8 Å². The van der Waals surface area contributed by atoms with Crippen LogP contribution in [0.15, 0.2) is 84.5 Å². The molecule has 1 unspecified atom stereocenters. The van der Waals surface area contributed by atoms with Gasteiger partial charge in [0.05, 0.1) is 0 Å². The zero-order chi connectivity index (χ0) is 27.1. The maximum absolute atomic E-state index is 3.48. The van der Waals surface area contributed by atoms with Crippen LogP contribution in [0.4, 0.5) is 0 Å². The Hall–Kier alpha value is -3.94. The molecular weight excluding hydrogens is 458 g/mol. The van der Waals surface area contributed by atoms with Gasteiger partial charge in [0, 0.05) is 51.5 Å². The Labute approximate surface area is 228 Å². The van der Waals surface area contributed by atoms with Gasteiger partial charge in [-0.1, -0.05) is 95.6 Å². The molecule has 1 atom stereocenters. The third kappa shape index (κ3) is 5.35. The van der Waals surface area contributed by atoms with Gasteiger partial charge in [0.2, 0.25) is 0 Å². The van der Waals surface area contributed by atoms with E-state index < -0.39 is 0 Å². The number of aryl methyl sites for hydroxylation is 1. The van der Waals surface area contributed by atoms with E-state index in [0.717, 1.165) is 23.1 Å². The van der Waals surface area contributed by atoms with Crippen LogP contribution in [0.1, 0.15) is 70.2 Å². The van der Waals surface area contributed by atoms with Crippen LogP contribution in [0.5, 0.6) is 0 Å². The van der Waals surface area contributed by atoms with Crippen molar-refractivity contribution in [3.63, 3.8) is 0 Å². The van der Waals surface area contributed by atoms with E-state index in [1.807, 2.05) is 0 Å². The molecule has 1 aliphatic rings. The number of hydrogen-bond donors (Lipinski definition) is 0. The van der Waals surface area contributed by atoms with Crippen LogP contribution in [-0.4, -0.2) is 4.57 Å². The summed E-state index contributed by atoms with van der Waals surface area (Å²) in [5.41, 5.74) is 8.59. The molecular formula is C37H37N. The highest BCUT2D eigenvalue weighted by Crippen LogP contribution is 2.32. The van der Waals surface area contributed by atoms with Crippen molar-refractivity contribution in [1.29, 1.82) is 0 Å². The van der Waals surface area contributed by atoms with E-state index in [1.165, 1.54) is 32.9 Å². The molecule has 0 radical (unpaired) electrons. The van der Waals surface area contributed by atoms with Crippen LogP contribution in [0, 0.1) is 35.0 Å². The Bertz CT molecular complexity index is 1700. The minimum absolute atomic E-state index is 0.147. The van der Waals surface area contributed by atoms with Crippen LogP contribution in [0.2, 0.25) is 0 Å². The first-order chi connectivity index (χ1) is 18.0. The highest BCUT2D eigenvalue weighted by Gasteiger charge is 2.17. The SMILES string of the molecule is Cn1c2ccc(C#Cc3ccc(C(C)(C)C)cc3)cc2c2cc(C#CC3C=CC(C(C)(C)C)=CC3)ccc21. The molecule has 0 spiro atoms. The lowest BCUT2D eigenvalue weighted by Gasteiger charge is -2.23. The summed E-state index contributed by atoms with van der Waals surface area (Å²) in [7, 11) is 2.13. The Morgan fingerprint density at radius 1 is 0.684 bits per heavy atom. The lowest BCUT2D eigenvalue weighted by molar-refractivity contribution is 0.510. The van der Waals surface area contributed by atoms with Crippen LogP contribution < -0.4 is 0 Å². The Balaban J connectivity index is 1.43. The third-order valence-corrected chi connectivity index (χ3v) is 7.48. The van der Waals surface area contributed by atoms with E-state index in [2.05, 4.69) is 156 Å². The normalized spacial score (nSPS) is 15.6. The average Bonchev–Trinajstić information content (AvgIpc) is 3.16. The second kappa shape index (κ2) is 9.74. The van der Waals surface area contributed by atoms with E-state index in [9.17, 15) is 0 Å². The fourth-order valence-corrected chi connectivity index (χ4v) is 5.03. The van der Waals surface area contributed by atoms with E-state index in [-0.39, 0.29) is 16.7 Å². The molecule has 0 amide bonds. The van der Waals surface area contributed by atoms with Gasteiger partial charge >= 0.3 is 0 Å². The predicted molar refractivity (Wildman–Crippen MR) is 163 cm³/mol. The summed E-state index contributed by atoms with van der Waals surface area (Å²) in [5.74, 6) is 13.9. The summed E-state index contributed by atoms with van der Waals surface area (Å²) >= 11 is 0. The maximum atomic E-state index is 3.48. The predicted octanol–water partition coefficient (Wildman–Crippen LogP) is 8.93. The molecule has 4 aromatic rings. The molecule has 0 aliphatic heterocycles. The molecule has 5 rings (SSSR count). The number of allylic oxidation sites excluding steroid dienone is 4. The highest BCUT2D eigenvalue weighted by atomic mass is 14.9. The standard InChI is InChI=1S/C37H37N/c1-36(2,3)30-18-12-26(13-19-30)8-10-28-16-22-34-32(24-28)33-25-29(17-23-35(33)38(34)7)11-9-27-14-20-31(21-15-27)37(4,5)6/h12-14,16-25,27H,15H2,1-7H3. The lowest BCUT2D eigenvalue weighted by atomic mass is 9.82. The number of nitrogens with zero attached hydrogens (tertiary/aromatic N) is 1. The van der Waals surface area contributed by atoms with Gasteiger partial charge in [-0.2, -0.15) is 0 Å². The van der Waals surface area contributed by atoms with Crippen molar-refractivity contribution in [2.75, 3.05) is 0 Å². The van der Waals surface area contributed by atoms with Crippen LogP contribution >= 0.6 is 0 Å². The monoisotopic (exact) mass is 495 g/mol. The van der Waals surface area contributed by atoms with Crippen molar-refractivity contribution < 1.29 is 0 Å². The number of rotatable bonds is 0. The van der Waals surface area contributed by atoms with Gasteiger partial charge in [-0.15, -0.1) is 0 Å². The fraction of sp³-hybridized carbons (Fsp3) is 0.297. The molecule has 1 heteroatoms. The Morgan fingerprint density at radius 2 is 1.24 bits per heavy atom. The first-order valence-corrected chi connectivity index (χ1v) is 13.5. The van der Waals surface area contributed by atoms with E-state index in [1.54, 1.807) is 0 Å². The molecule has 0 saturated carbocycles. The number of fused-ring (bicyclic) bond motifs is 3. The number of hydrogen-bond acceptors (Lipinski definition) is 0. The van der Waals surface area contributed by atoms with Crippen LogP contribution in [0.25, 0.3) is 21.8 Å². The van der Waals surface area contributed by atoms with Crippen molar-refractivity contribution in [2.24, 2.45) is 18.4 Å². The second-order valence-corrected chi connectivity index (χ2v) is 12.5. The smallest absolute Gasteiger partial charge is 0.0489 e. The second-order valence-electron chi connectivity index (χ2n) is 12.5. The average molecular weight is 496 g/mol. The maximum Gasteiger partial charge on any atom is 0.0489 e. The molecule has 1 aromatic heterocycles. The zero-order valence-corrected chi connectivity index (χ0v) is 23.7. The van der Waals surface area contributed by atoms with E-state index in [0.29, 0.717) is 0 Å². The van der Waals surface area contributed by atoms with Crippen molar-refractivity contribution in [3.05, 3.63) is 107 Å². The van der Waals surface area contributed by atoms with Crippen molar-refractivity contribution in [3.8, 4) is 23.7 Å². The van der Waals surface area contributed by atoms with E-state index in [4.69, 9.17) is 0 Å². The summed E-state index contributed by atoms with van der Waals surface area (Å²) in [6, 6.07) is 21.7.